The molecule has 1 aliphatic rings. The highest BCUT2D eigenvalue weighted by molar-refractivity contribution is 5.85. The van der Waals surface area contributed by atoms with Gasteiger partial charge in [0, 0.05) is 19.1 Å². The fraction of sp³-hybridized carbons (Fsp3) is 1.00. The monoisotopic (exact) mass is 262 g/mol. The molecule has 1 saturated heterocycles. The molecular formula is C9H18ClF3N2O. The zero-order valence-electron chi connectivity index (χ0n) is 9.00. The van der Waals surface area contributed by atoms with Crippen LogP contribution in [0, 0.1) is 0 Å². The number of hydrogen-bond acceptors (Lipinski definition) is 3. The topological polar surface area (TPSA) is 38.5 Å². The first-order valence-electron chi connectivity index (χ1n) is 5.10. The van der Waals surface area contributed by atoms with Crippen LogP contribution in [0.15, 0.2) is 0 Å². The fourth-order valence-electron chi connectivity index (χ4n) is 1.68. The first-order valence-corrected chi connectivity index (χ1v) is 5.10. The van der Waals surface area contributed by atoms with E-state index < -0.39 is 12.8 Å². The van der Waals surface area contributed by atoms with Gasteiger partial charge >= 0.3 is 6.18 Å². The third-order valence-electron chi connectivity index (χ3n) is 2.36. The number of piperidine rings is 1. The van der Waals surface area contributed by atoms with Gasteiger partial charge in [0.15, 0.2) is 0 Å². The van der Waals surface area contributed by atoms with Crippen LogP contribution in [0.4, 0.5) is 13.2 Å². The molecule has 16 heavy (non-hydrogen) atoms. The van der Waals surface area contributed by atoms with Crippen LogP contribution in [0.5, 0.6) is 0 Å². The van der Waals surface area contributed by atoms with Crippen LogP contribution in [-0.2, 0) is 4.74 Å². The highest BCUT2D eigenvalue weighted by atomic mass is 35.5. The molecule has 0 aliphatic carbocycles. The van der Waals surface area contributed by atoms with E-state index in [1.165, 1.54) is 0 Å². The summed E-state index contributed by atoms with van der Waals surface area (Å²) < 4.78 is 39.7. The van der Waals surface area contributed by atoms with Gasteiger partial charge in [-0.1, -0.05) is 0 Å². The molecule has 1 rings (SSSR count). The largest absolute Gasteiger partial charge is 0.411 e. The van der Waals surface area contributed by atoms with Crippen LogP contribution in [-0.4, -0.2) is 50.0 Å². The van der Waals surface area contributed by atoms with Gasteiger partial charge in [-0.3, -0.25) is 4.90 Å². The summed E-state index contributed by atoms with van der Waals surface area (Å²) >= 11 is 0. The minimum absolute atomic E-state index is 0. The standard InChI is InChI=1S/C9H17F3N2O.ClH/c10-9(11,12)7-15-5-4-14-3-1-2-8(13)6-14;/h8H,1-7,13H2;1H/t8-;/m1./s1. The summed E-state index contributed by atoms with van der Waals surface area (Å²) in [5.41, 5.74) is 5.74. The summed E-state index contributed by atoms with van der Waals surface area (Å²) in [4.78, 5) is 2.05. The smallest absolute Gasteiger partial charge is 0.371 e. The molecule has 98 valence electrons. The second-order valence-corrected chi connectivity index (χ2v) is 3.87. The van der Waals surface area contributed by atoms with Crippen LogP contribution in [0.2, 0.25) is 0 Å². The Kier molecular flexibility index (Phi) is 7.30. The molecule has 7 heteroatoms. The van der Waals surface area contributed by atoms with Gasteiger partial charge in [-0.05, 0) is 19.4 Å². The van der Waals surface area contributed by atoms with Gasteiger partial charge in [-0.15, -0.1) is 12.4 Å². The van der Waals surface area contributed by atoms with E-state index in [1.54, 1.807) is 0 Å². The summed E-state index contributed by atoms with van der Waals surface area (Å²) in [6.45, 7) is 1.15. The van der Waals surface area contributed by atoms with E-state index in [2.05, 4.69) is 4.74 Å². The van der Waals surface area contributed by atoms with Crippen molar-refractivity contribution < 1.29 is 17.9 Å². The minimum atomic E-state index is -4.22. The van der Waals surface area contributed by atoms with Crippen molar-refractivity contribution in [3.05, 3.63) is 0 Å². The molecule has 0 saturated carbocycles. The number of nitrogens with two attached hydrogens (primary N) is 1. The second kappa shape index (κ2) is 7.32. The van der Waals surface area contributed by atoms with Crippen molar-refractivity contribution in [2.75, 3.05) is 32.8 Å². The van der Waals surface area contributed by atoms with Crippen LogP contribution in [0.3, 0.4) is 0 Å². The Balaban J connectivity index is 0.00000225. The van der Waals surface area contributed by atoms with Crippen molar-refractivity contribution in [2.24, 2.45) is 5.73 Å². The van der Waals surface area contributed by atoms with Crippen LogP contribution in [0.25, 0.3) is 0 Å². The van der Waals surface area contributed by atoms with E-state index >= 15 is 0 Å². The van der Waals surface area contributed by atoms with Gasteiger partial charge in [0.25, 0.3) is 0 Å². The molecule has 0 aromatic heterocycles. The van der Waals surface area contributed by atoms with Crippen molar-refractivity contribution in [1.29, 1.82) is 0 Å². The molecule has 0 aromatic carbocycles. The third kappa shape index (κ3) is 7.27. The molecule has 0 aromatic rings. The Bertz CT molecular complexity index is 192. The molecule has 0 spiro atoms. The number of ether oxygens (including phenoxy) is 1. The average Bonchev–Trinajstić information content (AvgIpc) is 2.11. The lowest BCUT2D eigenvalue weighted by atomic mass is 10.1. The van der Waals surface area contributed by atoms with E-state index in [-0.39, 0.29) is 25.1 Å². The summed E-state index contributed by atoms with van der Waals surface area (Å²) in [7, 11) is 0. The van der Waals surface area contributed by atoms with Crippen LogP contribution in [0.1, 0.15) is 12.8 Å². The van der Waals surface area contributed by atoms with Crippen LogP contribution < -0.4 is 5.73 Å². The van der Waals surface area contributed by atoms with Gasteiger partial charge in [0.1, 0.15) is 6.61 Å². The maximum Gasteiger partial charge on any atom is 0.411 e. The quantitative estimate of drug-likeness (QED) is 0.779. The highest BCUT2D eigenvalue weighted by Crippen LogP contribution is 2.14. The number of halogens is 4. The number of hydrogen-bond donors (Lipinski definition) is 1. The van der Waals surface area contributed by atoms with Crippen molar-refractivity contribution in [3.63, 3.8) is 0 Å². The Labute approximate surface area is 99.5 Å². The molecule has 0 unspecified atom stereocenters. The molecule has 3 nitrogen and oxygen atoms in total. The van der Waals surface area contributed by atoms with E-state index in [1.807, 2.05) is 4.90 Å². The predicted molar refractivity (Wildman–Crippen MR) is 57.8 cm³/mol. The van der Waals surface area contributed by atoms with Gasteiger partial charge in [0.05, 0.1) is 6.61 Å². The first kappa shape index (κ1) is 16.0. The van der Waals surface area contributed by atoms with Gasteiger partial charge < -0.3 is 10.5 Å². The molecular weight excluding hydrogens is 245 g/mol. The summed E-state index contributed by atoms with van der Waals surface area (Å²) in [5.74, 6) is 0. The van der Waals surface area contributed by atoms with Gasteiger partial charge in [0.2, 0.25) is 0 Å². The molecule has 1 heterocycles. The number of rotatable bonds is 4. The Morgan fingerprint density at radius 3 is 2.62 bits per heavy atom. The number of alkyl halides is 3. The normalized spacial score (nSPS) is 22.9. The predicted octanol–water partition coefficient (Wildman–Crippen LogP) is 1.41. The third-order valence-corrected chi connectivity index (χ3v) is 2.36. The summed E-state index contributed by atoms with van der Waals surface area (Å²) in [6, 6.07) is 0.154. The molecule has 0 amide bonds. The molecule has 2 N–H and O–H groups in total. The number of likely N-dealkylation sites (tertiary alicyclic amines) is 1. The van der Waals surface area contributed by atoms with E-state index in [0.717, 1.165) is 25.9 Å². The lowest BCUT2D eigenvalue weighted by Gasteiger charge is -2.30. The Morgan fingerprint density at radius 2 is 2.06 bits per heavy atom. The summed E-state index contributed by atoms with van der Waals surface area (Å²) in [6.07, 6.45) is -2.21. The van der Waals surface area contributed by atoms with Crippen molar-refractivity contribution in [1.82, 2.24) is 4.90 Å². The lowest BCUT2D eigenvalue weighted by Crippen LogP contribution is -2.44. The maximum absolute atomic E-state index is 11.7. The molecule has 0 bridgehead atoms. The van der Waals surface area contributed by atoms with Crippen molar-refractivity contribution in [3.8, 4) is 0 Å². The van der Waals surface area contributed by atoms with Crippen LogP contribution >= 0.6 is 12.4 Å². The zero-order chi connectivity index (χ0) is 11.3. The fourth-order valence-corrected chi connectivity index (χ4v) is 1.68. The Morgan fingerprint density at radius 1 is 1.38 bits per heavy atom. The highest BCUT2D eigenvalue weighted by Gasteiger charge is 2.27. The van der Waals surface area contributed by atoms with E-state index in [0.29, 0.717) is 6.54 Å². The van der Waals surface area contributed by atoms with Crippen molar-refractivity contribution in [2.45, 2.75) is 25.1 Å². The van der Waals surface area contributed by atoms with Gasteiger partial charge in [-0.2, -0.15) is 13.2 Å². The maximum atomic E-state index is 11.7. The zero-order valence-corrected chi connectivity index (χ0v) is 9.82. The SMILES string of the molecule is Cl.N[C@@H]1CCCN(CCOCC(F)(F)F)C1. The summed E-state index contributed by atoms with van der Waals surface area (Å²) in [5, 5.41) is 0. The first-order chi connectivity index (χ1) is 6.97. The number of nitrogens with zero attached hydrogens (tertiary/aromatic N) is 1. The van der Waals surface area contributed by atoms with Gasteiger partial charge in [-0.25, -0.2) is 0 Å². The lowest BCUT2D eigenvalue weighted by molar-refractivity contribution is -0.174. The molecule has 1 aliphatic heterocycles. The van der Waals surface area contributed by atoms with Crippen molar-refractivity contribution >= 4 is 12.4 Å². The molecule has 0 radical (unpaired) electrons. The molecule has 1 fully saturated rings. The Hall–Kier alpha value is -0.0400. The van der Waals surface area contributed by atoms with E-state index in [4.69, 9.17) is 5.73 Å². The average molecular weight is 263 g/mol. The molecule has 1 atom stereocenters. The van der Waals surface area contributed by atoms with E-state index in [9.17, 15) is 13.2 Å². The second-order valence-electron chi connectivity index (χ2n) is 3.87. The minimum Gasteiger partial charge on any atom is -0.371 e.